The first-order chi connectivity index (χ1) is 11.4. The first-order valence-electron chi connectivity index (χ1n) is 9.34. The molecule has 1 aromatic carbocycles. The fraction of sp³-hybridized carbons (Fsp3) is 0.619. The highest BCUT2D eigenvalue weighted by molar-refractivity contribution is 5.17. The minimum Gasteiger partial charge on any atom is -0.379 e. The summed E-state index contributed by atoms with van der Waals surface area (Å²) in [6, 6.07) is 10.8. The molecular formula is C21H28O2. The third kappa shape index (κ3) is 3.87. The zero-order chi connectivity index (χ0) is 15.5. The van der Waals surface area contributed by atoms with Gasteiger partial charge in [0.15, 0.2) is 0 Å². The molecule has 0 aromatic heterocycles. The van der Waals surface area contributed by atoms with Crippen LogP contribution in [0.15, 0.2) is 42.5 Å². The average Bonchev–Trinajstić information content (AvgIpc) is 3.05. The Balaban J connectivity index is 1.15. The van der Waals surface area contributed by atoms with Gasteiger partial charge in [0.05, 0.1) is 18.8 Å². The predicted octanol–water partition coefficient (Wildman–Crippen LogP) is 4.40. The maximum atomic E-state index is 6.24. The van der Waals surface area contributed by atoms with Gasteiger partial charge in [-0.25, -0.2) is 0 Å². The van der Waals surface area contributed by atoms with E-state index in [4.69, 9.17) is 9.47 Å². The SMILES string of the molecule is C(=CC1C2CC(OC3CCCOC3)CC12)CCc1ccccc1. The predicted molar refractivity (Wildman–Crippen MR) is 92.3 cm³/mol. The molecule has 0 spiro atoms. The molecule has 2 heteroatoms. The van der Waals surface area contributed by atoms with E-state index >= 15 is 0 Å². The first-order valence-corrected chi connectivity index (χ1v) is 9.34. The molecule has 0 amide bonds. The van der Waals surface area contributed by atoms with Gasteiger partial charge in [-0.05, 0) is 61.8 Å². The number of fused-ring (bicyclic) bond motifs is 1. The maximum Gasteiger partial charge on any atom is 0.0813 e. The minimum absolute atomic E-state index is 0.367. The molecule has 3 unspecified atom stereocenters. The molecule has 2 nitrogen and oxygen atoms in total. The molecule has 0 bridgehead atoms. The normalized spacial score (nSPS) is 36.3. The van der Waals surface area contributed by atoms with E-state index in [-0.39, 0.29) is 0 Å². The van der Waals surface area contributed by atoms with E-state index in [1.54, 1.807) is 0 Å². The van der Waals surface area contributed by atoms with Crippen molar-refractivity contribution in [2.45, 2.75) is 50.7 Å². The lowest BCUT2D eigenvalue weighted by Crippen LogP contribution is -2.29. The Bertz CT molecular complexity index is 506. The molecule has 1 saturated heterocycles. The summed E-state index contributed by atoms with van der Waals surface area (Å²) in [5.74, 6) is 2.64. The average molecular weight is 312 g/mol. The second kappa shape index (κ2) is 7.19. The summed E-state index contributed by atoms with van der Waals surface area (Å²) in [7, 11) is 0. The van der Waals surface area contributed by atoms with Crippen molar-refractivity contribution in [3.63, 3.8) is 0 Å². The molecule has 1 aromatic rings. The zero-order valence-electron chi connectivity index (χ0n) is 13.9. The molecule has 1 heterocycles. The van der Waals surface area contributed by atoms with Crippen LogP contribution in [0.4, 0.5) is 0 Å². The van der Waals surface area contributed by atoms with Crippen LogP contribution >= 0.6 is 0 Å². The van der Waals surface area contributed by atoms with Crippen molar-refractivity contribution in [3.05, 3.63) is 48.0 Å². The monoisotopic (exact) mass is 312 g/mol. The van der Waals surface area contributed by atoms with Crippen molar-refractivity contribution in [3.8, 4) is 0 Å². The van der Waals surface area contributed by atoms with Crippen molar-refractivity contribution in [1.29, 1.82) is 0 Å². The largest absolute Gasteiger partial charge is 0.379 e. The fourth-order valence-corrected chi connectivity index (χ4v) is 4.48. The number of benzene rings is 1. The highest BCUT2D eigenvalue weighted by atomic mass is 16.5. The maximum absolute atomic E-state index is 6.24. The van der Waals surface area contributed by atoms with E-state index in [0.717, 1.165) is 43.8 Å². The summed E-state index contributed by atoms with van der Waals surface area (Å²) in [5.41, 5.74) is 1.44. The highest BCUT2D eigenvalue weighted by Gasteiger charge is 2.55. The molecule has 2 saturated carbocycles. The van der Waals surface area contributed by atoms with Gasteiger partial charge in [0.1, 0.15) is 0 Å². The Morgan fingerprint density at radius 2 is 1.91 bits per heavy atom. The van der Waals surface area contributed by atoms with Gasteiger partial charge in [0, 0.05) is 6.61 Å². The van der Waals surface area contributed by atoms with Gasteiger partial charge in [-0.2, -0.15) is 0 Å². The molecule has 4 rings (SSSR count). The van der Waals surface area contributed by atoms with E-state index in [1.807, 2.05) is 0 Å². The van der Waals surface area contributed by atoms with Crippen molar-refractivity contribution < 1.29 is 9.47 Å². The third-order valence-electron chi connectivity index (χ3n) is 5.77. The number of hydrogen-bond donors (Lipinski definition) is 0. The highest BCUT2D eigenvalue weighted by Crippen LogP contribution is 2.59. The molecule has 1 aliphatic heterocycles. The van der Waals surface area contributed by atoms with Gasteiger partial charge in [0.25, 0.3) is 0 Å². The Kier molecular flexibility index (Phi) is 4.82. The zero-order valence-corrected chi connectivity index (χ0v) is 13.9. The third-order valence-corrected chi connectivity index (χ3v) is 5.77. The van der Waals surface area contributed by atoms with Gasteiger partial charge >= 0.3 is 0 Å². The van der Waals surface area contributed by atoms with Crippen molar-refractivity contribution in [2.75, 3.05) is 13.2 Å². The van der Waals surface area contributed by atoms with Crippen LogP contribution in [-0.4, -0.2) is 25.4 Å². The molecule has 3 aliphatic rings. The lowest BCUT2D eigenvalue weighted by molar-refractivity contribution is -0.0850. The van der Waals surface area contributed by atoms with Gasteiger partial charge < -0.3 is 9.47 Å². The number of rotatable bonds is 6. The lowest BCUT2D eigenvalue weighted by Gasteiger charge is -2.26. The van der Waals surface area contributed by atoms with Crippen molar-refractivity contribution in [2.24, 2.45) is 17.8 Å². The van der Waals surface area contributed by atoms with Gasteiger partial charge in [-0.3, -0.25) is 0 Å². The summed E-state index contributed by atoms with van der Waals surface area (Å²) in [5, 5.41) is 0. The van der Waals surface area contributed by atoms with E-state index < -0.39 is 0 Å². The van der Waals surface area contributed by atoms with E-state index in [2.05, 4.69) is 42.5 Å². The van der Waals surface area contributed by atoms with Crippen LogP contribution in [0.5, 0.6) is 0 Å². The summed E-state index contributed by atoms with van der Waals surface area (Å²) in [6.07, 6.45) is 13.0. The number of hydrogen-bond acceptors (Lipinski definition) is 2. The smallest absolute Gasteiger partial charge is 0.0813 e. The van der Waals surface area contributed by atoms with E-state index in [9.17, 15) is 0 Å². The van der Waals surface area contributed by atoms with Crippen LogP contribution in [0.1, 0.15) is 37.7 Å². The van der Waals surface area contributed by atoms with E-state index in [0.29, 0.717) is 12.2 Å². The lowest BCUT2D eigenvalue weighted by atomic mass is 10.1. The first kappa shape index (κ1) is 15.4. The van der Waals surface area contributed by atoms with Gasteiger partial charge in [-0.15, -0.1) is 0 Å². The van der Waals surface area contributed by atoms with Crippen LogP contribution in [0, 0.1) is 17.8 Å². The quantitative estimate of drug-likeness (QED) is 0.725. The molecule has 2 aliphatic carbocycles. The molecule has 23 heavy (non-hydrogen) atoms. The molecule has 124 valence electrons. The number of aryl methyl sites for hydroxylation is 1. The standard InChI is InChI=1S/C21H28O2/c1-2-7-16(8-3-1)9-4-5-11-19-20-13-18(14-21(19)20)23-17-10-6-12-22-15-17/h1-3,5,7-8,11,17-21H,4,6,9-10,12-15H2. The van der Waals surface area contributed by atoms with Gasteiger partial charge in [-0.1, -0.05) is 42.5 Å². The van der Waals surface area contributed by atoms with Crippen molar-refractivity contribution in [1.82, 2.24) is 0 Å². The molecular weight excluding hydrogens is 284 g/mol. The topological polar surface area (TPSA) is 18.5 Å². The van der Waals surface area contributed by atoms with Gasteiger partial charge in [0.2, 0.25) is 0 Å². The summed E-state index contributed by atoms with van der Waals surface area (Å²) < 4.78 is 11.8. The fourth-order valence-electron chi connectivity index (χ4n) is 4.48. The van der Waals surface area contributed by atoms with Crippen LogP contribution in [0.3, 0.4) is 0 Å². The number of allylic oxidation sites excluding steroid dienone is 2. The Morgan fingerprint density at radius 3 is 2.65 bits per heavy atom. The van der Waals surface area contributed by atoms with Crippen molar-refractivity contribution >= 4 is 0 Å². The van der Waals surface area contributed by atoms with Crippen LogP contribution in [0.25, 0.3) is 0 Å². The summed E-state index contributed by atoms with van der Waals surface area (Å²) in [6.45, 7) is 1.74. The molecule has 3 fully saturated rings. The van der Waals surface area contributed by atoms with Crippen LogP contribution in [-0.2, 0) is 15.9 Å². The second-order valence-electron chi connectivity index (χ2n) is 7.43. The molecule has 0 N–H and O–H groups in total. The Labute approximate surface area is 139 Å². The molecule has 0 radical (unpaired) electrons. The van der Waals surface area contributed by atoms with Crippen LogP contribution in [0.2, 0.25) is 0 Å². The van der Waals surface area contributed by atoms with E-state index in [1.165, 1.54) is 31.2 Å². The number of ether oxygens (including phenoxy) is 2. The molecule has 3 atom stereocenters. The summed E-state index contributed by atoms with van der Waals surface area (Å²) in [4.78, 5) is 0. The Morgan fingerprint density at radius 1 is 1.09 bits per heavy atom. The summed E-state index contributed by atoms with van der Waals surface area (Å²) >= 11 is 0. The Hall–Kier alpha value is -1.12. The minimum atomic E-state index is 0.367. The second-order valence-corrected chi connectivity index (χ2v) is 7.43. The van der Waals surface area contributed by atoms with Crippen LogP contribution < -0.4 is 0 Å².